The van der Waals surface area contributed by atoms with E-state index in [1.54, 1.807) is 36.7 Å². The van der Waals surface area contributed by atoms with Gasteiger partial charge in [-0.15, -0.1) is 0 Å². The number of hydrogen-bond donors (Lipinski definition) is 3. The summed E-state index contributed by atoms with van der Waals surface area (Å²) in [6.07, 6.45) is 5.06. The summed E-state index contributed by atoms with van der Waals surface area (Å²) in [6.45, 7) is 4.66. The van der Waals surface area contributed by atoms with Crippen molar-refractivity contribution in [3.8, 4) is 5.69 Å². The Kier molecular flexibility index (Phi) is 7.47. The van der Waals surface area contributed by atoms with Gasteiger partial charge in [0.2, 0.25) is 0 Å². The van der Waals surface area contributed by atoms with Crippen molar-refractivity contribution in [2.45, 2.75) is 32.4 Å². The lowest BCUT2D eigenvalue weighted by Gasteiger charge is -2.38. The quantitative estimate of drug-likeness (QED) is 0.305. The second-order valence-corrected chi connectivity index (χ2v) is 9.32. The van der Waals surface area contributed by atoms with Gasteiger partial charge in [0.1, 0.15) is 24.0 Å². The molecule has 11 heteroatoms. The molecule has 0 atom stereocenters. The Morgan fingerprint density at radius 3 is 2.68 bits per heavy atom. The summed E-state index contributed by atoms with van der Waals surface area (Å²) >= 11 is 0. The molecule has 10 nitrogen and oxygen atoms in total. The van der Waals surface area contributed by atoms with Gasteiger partial charge in [0.25, 0.3) is 0 Å². The number of pyridine rings is 2. The average Bonchev–Trinajstić information content (AvgIpc) is 3.42. The molecule has 1 saturated heterocycles. The van der Waals surface area contributed by atoms with Crippen molar-refractivity contribution < 1.29 is 19.4 Å². The van der Waals surface area contributed by atoms with Crippen LogP contribution in [0, 0.1) is 5.82 Å². The minimum atomic E-state index is -0.900. The minimum absolute atomic E-state index is 0.0918. The largest absolute Gasteiger partial charge is 0.480 e. The highest BCUT2D eigenvalue weighted by atomic mass is 19.1. The number of hydrogen-bond acceptors (Lipinski definition) is 8. The molecule has 5 rings (SSSR count). The minimum Gasteiger partial charge on any atom is -0.480 e. The highest BCUT2D eigenvalue weighted by Gasteiger charge is 2.26. The molecule has 0 amide bonds. The van der Waals surface area contributed by atoms with Crippen LogP contribution in [0.4, 0.5) is 21.7 Å². The fraction of sp³-hybridized carbons (Fsp3) is 0.333. The summed E-state index contributed by atoms with van der Waals surface area (Å²) in [4.78, 5) is 25.1. The molecule has 1 aliphatic heterocycles. The summed E-state index contributed by atoms with van der Waals surface area (Å²) in [5.74, 6) is -0.373. The van der Waals surface area contributed by atoms with Crippen LogP contribution in [-0.2, 0) is 11.4 Å². The van der Waals surface area contributed by atoms with Gasteiger partial charge >= 0.3 is 5.97 Å². The van der Waals surface area contributed by atoms with E-state index in [9.17, 15) is 19.4 Å². The zero-order valence-corrected chi connectivity index (χ0v) is 21.1. The number of nitrogens with one attached hydrogen (secondary N) is 1. The molecule has 38 heavy (non-hydrogen) atoms. The van der Waals surface area contributed by atoms with Crippen molar-refractivity contribution in [2.24, 2.45) is 0 Å². The second kappa shape index (κ2) is 11.1. The summed E-state index contributed by atoms with van der Waals surface area (Å²) < 4.78 is 16.4. The van der Waals surface area contributed by atoms with Crippen LogP contribution in [0.25, 0.3) is 16.6 Å². The van der Waals surface area contributed by atoms with E-state index in [1.807, 2.05) is 17.0 Å². The average molecular weight is 520 g/mol. The zero-order valence-electron chi connectivity index (χ0n) is 21.1. The van der Waals surface area contributed by atoms with Crippen LogP contribution in [0.2, 0.25) is 0 Å². The molecule has 198 valence electrons. The van der Waals surface area contributed by atoms with E-state index in [1.165, 1.54) is 10.7 Å². The monoisotopic (exact) mass is 519 g/mol. The maximum atomic E-state index is 14.9. The van der Waals surface area contributed by atoms with E-state index in [0.717, 1.165) is 37.9 Å². The molecular formula is C27H30FN7O3. The lowest BCUT2D eigenvalue weighted by atomic mass is 10.0. The smallest absolute Gasteiger partial charge is 0.323 e. The summed E-state index contributed by atoms with van der Waals surface area (Å²) in [5.41, 5.74) is 1.88. The Morgan fingerprint density at radius 1 is 1.18 bits per heavy atom. The number of aromatic nitrogens is 4. The van der Waals surface area contributed by atoms with E-state index in [2.05, 4.69) is 27.2 Å². The number of rotatable bonds is 9. The Morgan fingerprint density at radius 2 is 2.00 bits per heavy atom. The second-order valence-electron chi connectivity index (χ2n) is 9.32. The predicted molar refractivity (Wildman–Crippen MR) is 142 cm³/mol. The molecule has 1 fully saturated rings. The molecule has 1 aliphatic rings. The van der Waals surface area contributed by atoms with Crippen molar-refractivity contribution in [3.63, 3.8) is 0 Å². The SMILES string of the molecule is CCN1CCC(N(CC(=O)O)c2ccc3cnc(Nc4ccc(-n5ccc(CO)n5)cc4F)cc3n2)CC1. The van der Waals surface area contributed by atoms with E-state index in [0.29, 0.717) is 28.5 Å². The van der Waals surface area contributed by atoms with Crippen molar-refractivity contribution in [1.82, 2.24) is 24.6 Å². The van der Waals surface area contributed by atoms with Crippen molar-refractivity contribution in [2.75, 3.05) is 36.4 Å². The van der Waals surface area contributed by atoms with Crippen molar-refractivity contribution in [3.05, 3.63) is 66.4 Å². The molecule has 4 aromatic rings. The lowest BCUT2D eigenvalue weighted by molar-refractivity contribution is -0.135. The van der Waals surface area contributed by atoms with E-state index < -0.39 is 11.8 Å². The molecule has 0 radical (unpaired) electrons. The predicted octanol–water partition coefficient (Wildman–Crippen LogP) is 3.57. The molecule has 0 aliphatic carbocycles. The molecule has 0 spiro atoms. The van der Waals surface area contributed by atoms with Gasteiger partial charge in [-0.25, -0.2) is 19.0 Å². The number of carboxylic acid groups (broad SMARTS) is 1. The highest BCUT2D eigenvalue weighted by molar-refractivity contribution is 5.83. The van der Waals surface area contributed by atoms with Gasteiger partial charge in [-0.05, 0) is 49.7 Å². The third-order valence-electron chi connectivity index (χ3n) is 6.89. The maximum Gasteiger partial charge on any atom is 0.323 e. The molecule has 4 heterocycles. The van der Waals surface area contributed by atoms with Crippen LogP contribution in [0.5, 0.6) is 0 Å². The topological polar surface area (TPSA) is 120 Å². The van der Waals surface area contributed by atoms with Crippen molar-refractivity contribution >= 4 is 34.2 Å². The number of piperidine rings is 1. The summed E-state index contributed by atoms with van der Waals surface area (Å²) in [7, 11) is 0. The van der Waals surface area contributed by atoms with E-state index in [-0.39, 0.29) is 24.9 Å². The number of aliphatic hydroxyl groups is 1. The first-order valence-electron chi connectivity index (χ1n) is 12.6. The highest BCUT2D eigenvalue weighted by Crippen LogP contribution is 2.27. The number of anilines is 3. The summed E-state index contributed by atoms with van der Waals surface area (Å²) in [6, 6.07) is 11.9. The first kappa shape index (κ1) is 25.6. The Labute approximate surface area is 219 Å². The molecule has 1 aromatic carbocycles. The van der Waals surface area contributed by atoms with Crippen LogP contribution in [0.1, 0.15) is 25.5 Å². The van der Waals surface area contributed by atoms with E-state index >= 15 is 0 Å². The number of halogens is 1. The number of nitrogens with zero attached hydrogens (tertiary/aromatic N) is 6. The third-order valence-corrected chi connectivity index (χ3v) is 6.89. The fourth-order valence-corrected chi connectivity index (χ4v) is 4.80. The number of fused-ring (bicyclic) bond motifs is 1. The molecule has 0 bridgehead atoms. The molecule has 3 aromatic heterocycles. The van der Waals surface area contributed by atoms with Crippen LogP contribution in [-0.4, -0.2) is 73.1 Å². The van der Waals surface area contributed by atoms with Gasteiger partial charge in [-0.1, -0.05) is 6.92 Å². The van der Waals surface area contributed by atoms with Crippen LogP contribution < -0.4 is 10.2 Å². The Bertz CT molecular complexity index is 1440. The third kappa shape index (κ3) is 5.58. The standard InChI is InChI=1S/C27H30FN7O3/c1-2-33-10-8-20(9-11-33)34(16-27(37)38)26-6-3-18-15-29-25(14-24(18)31-26)30-23-5-4-21(13-22(23)28)35-12-7-19(17-36)32-35/h3-7,12-15,20,36H,2,8-11,16-17H2,1H3,(H,29,30)(H,37,38). The lowest BCUT2D eigenvalue weighted by Crippen LogP contribution is -2.47. The molecule has 3 N–H and O–H groups in total. The van der Waals surface area contributed by atoms with Gasteiger partial charge < -0.3 is 25.3 Å². The number of aliphatic hydroxyl groups excluding tert-OH is 1. The first-order chi connectivity index (χ1) is 18.4. The van der Waals surface area contributed by atoms with Gasteiger partial charge in [-0.2, -0.15) is 5.10 Å². The number of carboxylic acids is 1. The van der Waals surface area contributed by atoms with Gasteiger partial charge in [0, 0.05) is 49.0 Å². The van der Waals surface area contributed by atoms with Crippen LogP contribution in [0.15, 0.2) is 54.9 Å². The number of benzene rings is 1. The molecule has 0 saturated carbocycles. The Balaban J connectivity index is 1.38. The maximum absolute atomic E-state index is 14.9. The van der Waals surface area contributed by atoms with Crippen LogP contribution in [0.3, 0.4) is 0 Å². The zero-order chi connectivity index (χ0) is 26.6. The van der Waals surface area contributed by atoms with Gasteiger partial charge in [0.05, 0.1) is 29.2 Å². The van der Waals surface area contributed by atoms with E-state index in [4.69, 9.17) is 4.98 Å². The number of carbonyl (C=O) groups is 1. The normalized spacial score (nSPS) is 14.6. The Hall–Kier alpha value is -4.09. The number of aliphatic carboxylic acids is 1. The molecular weight excluding hydrogens is 489 g/mol. The summed E-state index contributed by atoms with van der Waals surface area (Å²) in [5, 5.41) is 26.8. The van der Waals surface area contributed by atoms with Crippen molar-refractivity contribution in [1.29, 1.82) is 0 Å². The van der Waals surface area contributed by atoms with Gasteiger partial charge in [-0.3, -0.25) is 4.79 Å². The van der Waals surface area contributed by atoms with Crippen LogP contribution >= 0.6 is 0 Å². The fourth-order valence-electron chi connectivity index (χ4n) is 4.80. The molecule has 0 unspecified atom stereocenters. The van der Waals surface area contributed by atoms with Gasteiger partial charge in [0.15, 0.2) is 0 Å². The first-order valence-corrected chi connectivity index (χ1v) is 12.6. The number of likely N-dealkylation sites (tertiary alicyclic amines) is 1.